The van der Waals surface area contributed by atoms with E-state index < -0.39 is 6.10 Å². The standard InChI is InChI=1S/C20H29ClN4O2S/c1-3-22-20(24-13-16(26)18-8-9-19(21)28-18)23-12-15(25-10-4-5-11-25)17-7-6-14(2)27-17/h6-9,15-16,26H,3-5,10-13H2,1-2H3,(H2,22,23,24). The Balaban J connectivity index is 1.65. The topological polar surface area (TPSA) is 73.0 Å². The molecule has 0 radical (unpaired) electrons. The largest absolute Gasteiger partial charge is 0.465 e. The fourth-order valence-electron chi connectivity index (χ4n) is 3.39. The summed E-state index contributed by atoms with van der Waals surface area (Å²) in [5.74, 6) is 2.58. The minimum Gasteiger partial charge on any atom is -0.465 e. The molecule has 1 aliphatic heterocycles. The van der Waals surface area contributed by atoms with Crippen molar-refractivity contribution in [2.45, 2.75) is 38.8 Å². The number of hydrogen-bond acceptors (Lipinski definition) is 5. The van der Waals surface area contributed by atoms with Crippen molar-refractivity contribution in [3.8, 4) is 0 Å². The molecule has 0 amide bonds. The van der Waals surface area contributed by atoms with Crippen LogP contribution >= 0.6 is 22.9 Å². The second-order valence-electron chi connectivity index (χ2n) is 6.97. The fraction of sp³-hybridized carbons (Fsp3) is 0.550. The highest BCUT2D eigenvalue weighted by Crippen LogP contribution is 2.28. The lowest BCUT2D eigenvalue weighted by Crippen LogP contribution is -2.40. The van der Waals surface area contributed by atoms with Gasteiger partial charge in [0, 0.05) is 18.0 Å². The van der Waals surface area contributed by atoms with Crippen LogP contribution in [0.25, 0.3) is 0 Å². The normalized spacial score (nSPS) is 17.6. The van der Waals surface area contributed by atoms with Crippen LogP contribution in [0, 0.1) is 6.92 Å². The lowest BCUT2D eigenvalue weighted by atomic mass is 10.2. The number of halogens is 1. The lowest BCUT2D eigenvalue weighted by molar-refractivity contribution is 0.184. The van der Waals surface area contributed by atoms with Crippen molar-refractivity contribution < 1.29 is 9.52 Å². The van der Waals surface area contributed by atoms with Crippen LogP contribution in [0.2, 0.25) is 4.34 Å². The molecule has 3 rings (SSSR count). The summed E-state index contributed by atoms with van der Waals surface area (Å²) in [7, 11) is 0. The first-order valence-corrected chi connectivity index (χ1v) is 11.0. The minimum atomic E-state index is -0.622. The van der Waals surface area contributed by atoms with Gasteiger partial charge in [0.05, 0.1) is 16.9 Å². The molecule has 0 aliphatic carbocycles. The Labute approximate surface area is 175 Å². The van der Waals surface area contributed by atoms with Gasteiger partial charge in [-0.15, -0.1) is 11.3 Å². The minimum absolute atomic E-state index is 0.132. The number of aliphatic hydroxyl groups excluding tert-OH is 1. The van der Waals surface area contributed by atoms with Crippen LogP contribution < -0.4 is 10.6 Å². The van der Waals surface area contributed by atoms with Gasteiger partial charge in [-0.2, -0.15) is 0 Å². The number of likely N-dealkylation sites (tertiary alicyclic amines) is 1. The van der Waals surface area contributed by atoms with E-state index in [1.165, 1.54) is 24.2 Å². The van der Waals surface area contributed by atoms with Crippen molar-refractivity contribution in [2.75, 3.05) is 32.7 Å². The maximum absolute atomic E-state index is 10.4. The molecular formula is C20H29ClN4O2S. The third-order valence-corrected chi connectivity index (χ3v) is 6.16. The summed E-state index contributed by atoms with van der Waals surface area (Å²) in [6, 6.07) is 7.85. The molecule has 6 nitrogen and oxygen atoms in total. The number of rotatable bonds is 8. The van der Waals surface area contributed by atoms with Crippen molar-refractivity contribution in [3.63, 3.8) is 0 Å². The molecular weight excluding hydrogens is 396 g/mol. The van der Waals surface area contributed by atoms with E-state index in [1.807, 2.05) is 26.0 Å². The third-order valence-electron chi connectivity index (χ3n) is 4.82. The molecule has 0 spiro atoms. The van der Waals surface area contributed by atoms with Gasteiger partial charge >= 0.3 is 0 Å². The first-order chi connectivity index (χ1) is 13.6. The van der Waals surface area contributed by atoms with Gasteiger partial charge in [-0.05, 0) is 64.0 Å². The molecule has 0 bridgehead atoms. The molecule has 2 aromatic heterocycles. The van der Waals surface area contributed by atoms with E-state index in [-0.39, 0.29) is 6.04 Å². The van der Waals surface area contributed by atoms with Gasteiger partial charge in [0.15, 0.2) is 5.96 Å². The SMILES string of the molecule is CCNC(=NCC(c1ccc(C)o1)N1CCCC1)NCC(O)c1ccc(Cl)s1. The zero-order valence-electron chi connectivity index (χ0n) is 16.4. The fourth-order valence-corrected chi connectivity index (χ4v) is 4.44. The van der Waals surface area contributed by atoms with Crippen LogP contribution in [0.15, 0.2) is 33.7 Å². The first kappa shape index (κ1) is 21.2. The Morgan fingerprint density at radius 2 is 2.07 bits per heavy atom. The van der Waals surface area contributed by atoms with Crippen molar-refractivity contribution in [1.82, 2.24) is 15.5 Å². The predicted octanol–water partition coefficient (Wildman–Crippen LogP) is 3.73. The molecule has 28 heavy (non-hydrogen) atoms. The van der Waals surface area contributed by atoms with E-state index >= 15 is 0 Å². The molecule has 1 fully saturated rings. The number of nitrogens with one attached hydrogen (secondary N) is 2. The van der Waals surface area contributed by atoms with Crippen molar-refractivity contribution >= 4 is 28.9 Å². The van der Waals surface area contributed by atoms with E-state index in [1.54, 1.807) is 6.07 Å². The second-order valence-corrected chi connectivity index (χ2v) is 8.71. The average molecular weight is 425 g/mol. The lowest BCUT2D eigenvalue weighted by Gasteiger charge is -2.25. The number of hydrogen-bond donors (Lipinski definition) is 3. The summed E-state index contributed by atoms with van der Waals surface area (Å²) < 4.78 is 6.58. The number of aryl methyl sites for hydroxylation is 1. The molecule has 2 atom stereocenters. The van der Waals surface area contributed by atoms with E-state index in [2.05, 4.69) is 21.6 Å². The zero-order valence-corrected chi connectivity index (χ0v) is 18.0. The van der Waals surface area contributed by atoms with E-state index in [9.17, 15) is 5.11 Å². The molecule has 1 aliphatic rings. The Morgan fingerprint density at radius 1 is 1.29 bits per heavy atom. The number of aliphatic hydroxyl groups is 1. The molecule has 0 saturated carbocycles. The Kier molecular flexibility index (Phi) is 7.79. The van der Waals surface area contributed by atoms with Crippen LogP contribution in [-0.2, 0) is 0 Å². The summed E-state index contributed by atoms with van der Waals surface area (Å²) >= 11 is 7.35. The molecule has 1 saturated heterocycles. The summed E-state index contributed by atoms with van der Waals surface area (Å²) in [4.78, 5) is 8.05. The number of aliphatic imine (C=N–C) groups is 1. The summed E-state index contributed by atoms with van der Waals surface area (Å²) in [6.45, 7) is 7.86. The molecule has 0 aromatic carbocycles. The highest BCUT2D eigenvalue weighted by molar-refractivity contribution is 7.16. The van der Waals surface area contributed by atoms with Gasteiger partial charge in [0.25, 0.3) is 0 Å². The third kappa shape index (κ3) is 5.73. The smallest absolute Gasteiger partial charge is 0.191 e. The van der Waals surface area contributed by atoms with Crippen molar-refractivity contribution in [2.24, 2.45) is 4.99 Å². The van der Waals surface area contributed by atoms with Crippen molar-refractivity contribution in [3.05, 3.63) is 45.0 Å². The molecule has 3 heterocycles. The molecule has 3 N–H and O–H groups in total. The van der Waals surface area contributed by atoms with Gasteiger partial charge < -0.3 is 20.2 Å². The van der Waals surface area contributed by atoms with Gasteiger partial charge in [-0.25, -0.2) is 0 Å². The highest BCUT2D eigenvalue weighted by Gasteiger charge is 2.26. The molecule has 154 valence electrons. The maximum Gasteiger partial charge on any atom is 0.191 e. The van der Waals surface area contributed by atoms with Crippen LogP contribution in [0.3, 0.4) is 0 Å². The van der Waals surface area contributed by atoms with E-state index in [4.69, 9.17) is 21.0 Å². The zero-order chi connectivity index (χ0) is 19.9. The Morgan fingerprint density at radius 3 is 2.68 bits per heavy atom. The monoisotopic (exact) mass is 424 g/mol. The number of guanidine groups is 1. The molecule has 2 unspecified atom stereocenters. The number of nitrogens with zero attached hydrogens (tertiary/aromatic N) is 2. The quantitative estimate of drug-likeness (QED) is 0.445. The van der Waals surface area contributed by atoms with E-state index in [0.717, 1.165) is 36.0 Å². The number of furan rings is 1. The van der Waals surface area contributed by atoms with Crippen LogP contribution in [0.1, 0.15) is 48.3 Å². The van der Waals surface area contributed by atoms with Gasteiger partial charge in [0.2, 0.25) is 0 Å². The van der Waals surface area contributed by atoms with Gasteiger partial charge in [-0.3, -0.25) is 9.89 Å². The molecule has 2 aromatic rings. The summed E-state index contributed by atoms with van der Waals surface area (Å²) in [5, 5.41) is 16.9. The molecule has 8 heteroatoms. The van der Waals surface area contributed by atoms with Crippen molar-refractivity contribution in [1.29, 1.82) is 0 Å². The second kappa shape index (κ2) is 10.3. The Bertz CT molecular complexity index is 770. The van der Waals surface area contributed by atoms with E-state index in [0.29, 0.717) is 23.4 Å². The first-order valence-electron chi connectivity index (χ1n) is 9.82. The van der Waals surface area contributed by atoms with Gasteiger partial charge in [-0.1, -0.05) is 11.6 Å². The maximum atomic E-state index is 10.4. The van der Waals surface area contributed by atoms with Crippen LogP contribution in [-0.4, -0.2) is 48.7 Å². The highest BCUT2D eigenvalue weighted by atomic mass is 35.5. The summed E-state index contributed by atoms with van der Waals surface area (Å²) in [5.41, 5.74) is 0. The van der Waals surface area contributed by atoms with Gasteiger partial charge in [0.1, 0.15) is 17.6 Å². The number of thiophene rings is 1. The summed E-state index contributed by atoms with van der Waals surface area (Å²) in [6.07, 6.45) is 1.81. The average Bonchev–Trinajstić information content (AvgIpc) is 3.42. The predicted molar refractivity (Wildman–Crippen MR) is 115 cm³/mol. The van der Waals surface area contributed by atoms with Crippen LogP contribution in [0.4, 0.5) is 0 Å². The van der Waals surface area contributed by atoms with Crippen LogP contribution in [0.5, 0.6) is 0 Å². The Hall–Kier alpha value is -1.54.